The molecular weight excluding hydrogens is 451 g/mol. The van der Waals surface area contributed by atoms with Gasteiger partial charge in [0, 0.05) is 0 Å². The molecule has 0 aliphatic carbocycles. The Kier molecular flexibility index (Phi) is 6.10. The first-order valence-corrected chi connectivity index (χ1v) is 11.2. The minimum absolute atomic E-state index is 0.00184. The third-order valence-electron chi connectivity index (χ3n) is 5.72. The van der Waals surface area contributed by atoms with Crippen LogP contribution in [0.25, 0.3) is 6.08 Å². The van der Waals surface area contributed by atoms with Crippen molar-refractivity contribution < 1.29 is 28.2 Å². The van der Waals surface area contributed by atoms with Gasteiger partial charge in [-0.2, -0.15) is 0 Å². The largest absolute Gasteiger partial charge is 0.486 e. The second-order valence-electron chi connectivity index (χ2n) is 8.22. The van der Waals surface area contributed by atoms with E-state index in [0.717, 1.165) is 5.56 Å². The van der Waals surface area contributed by atoms with Crippen LogP contribution in [-0.4, -0.2) is 31.6 Å². The Hall–Kier alpha value is -4.33. The maximum atomic E-state index is 13.6. The highest BCUT2D eigenvalue weighted by molar-refractivity contribution is 6.12. The molecule has 5 rings (SSSR count). The van der Waals surface area contributed by atoms with Crippen LogP contribution in [0, 0.1) is 5.82 Å². The lowest BCUT2D eigenvalue weighted by molar-refractivity contribution is -0.123. The van der Waals surface area contributed by atoms with E-state index < -0.39 is 11.7 Å². The summed E-state index contributed by atoms with van der Waals surface area (Å²) in [7, 11) is 0. The van der Waals surface area contributed by atoms with E-state index >= 15 is 0 Å². The van der Waals surface area contributed by atoms with Crippen LogP contribution in [0.2, 0.25) is 0 Å². The van der Waals surface area contributed by atoms with Crippen molar-refractivity contribution in [3.8, 4) is 17.2 Å². The molecule has 1 N–H and O–H groups in total. The van der Waals surface area contributed by atoms with Crippen LogP contribution in [0.15, 0.2) is 72.5 Å². The van der Waals surface area contributed by atoms with Crippen molar-refractivity contribution in [1.82, 2.24) is 5.32 Å². The van der Waals surface area contributed by atoms with Gasteiger partial charge >= 0.3 is 0 Å². The average Bonchev–Trinajstić information content (AvgIpc) is 2.86. The third-order valence-corrected chi connectivity index (χ3v) is 5.72. The second kappa shape index (κ2) is 9.50. The summed E-state index contributed by atoms with van der Waals surface area (Å²) in [6.07, 6.45) is 1.46. The van der Waals surface area contributed by atoms with Crippen molar-refractivity contribution in [3.05, 3.63) is 89.4 Å². The lowest BCUT2D eigenvalue weighted by Crippen LogP contribution is -2.44. The van der Waals surface area contributed by atoms with E-state index in [1.807, 2.05) is 25.1 Å². The van der Waals surface area contributed by atoms with Crippen LogP contribution in [-0.2, 0) is 9.59 Å². The molecule has 0 saturated heterocycles. The monoisotopic (exact) mass is 474 g/mol. The summed E-state index contributed by atoms with van der Waals surface area (Å²) in [5.41, 5.74) is 1.81. The van der Waals surface area contributed by atoms with Crippen molar-refractivity contribution in [3.63, 3.8) is 0 Å². The molecule has 3 aromatic rings. The van der Waals surface area contributed by atoms with Crippen LogP contribution >= 0.6 is 0 Å². The Labute approximate surface area is 201 Å². The molecule has 3 aromatic carbocycles. The number of hydrogen-bond acceptors (Lipinski definition) is 5. The van der Waals surface area contributed by atoms with Gasteiger partial charge in [0.1, 0.15) is 25.6 Å². The summed E-state index contributed by atoms with van der Waals surface area (Å²) in [6, 6.07) is 18.0. The molecule has 178 valence electrons. The standard InChI is InChI=1S/C27H23FN2O5/c1-17(19-9-10-23-24(15-19)34-12-11-33-23)29-26(31)16-30-21-7-2-3-8-22(21)35-25(27(30)32)14-18-5-4-6-20(28)13-18/h2-10,13-15,17H,11-12,16H2,1H3,(H,29,31)/b25-14+/t17-/m1/s1. The van der Waals surface area contributed by atoms with E-state index in [0.29, 0.717) is 41.7 Å². The van der Waals surface area contributed by atoms with Gasteiger partial charge in [0.2, 0.25) is 5.91 Å². The third kappa shape index (κ3) is 4.82. The van der Waals surface area contributed by atoms with Gasteiger partial charge in [0.15, 0.2) is 23.0 Å². The molecule has 8 heteroatoms. The van der Waals surface area contributed by atoms with Gasteiger partial charge in [-0.25, -0.2) is 4.39 Å². The zero-order valence-electron chi connectivity index (χ0n) is 19.0. The normalized spacial score (nSPS) is 16.3. The topological polar surface area (TPSA) is 77.1 Å². The Morgan fingerprint density at radius 1 is 1.03 bits per heavy atom. The van der Waals surface area contributed by atoms with Gasteiger partial charge in [0.25, 0.3) is 5.91 Å². The zero-order chi connectivity index (χ0) is 24.4. The summed E-state index contributed by atoms with van der Waals surface area (Å²) < 4.78 is 30.6. The number of rotatable bonds is 5. The minimum Gasteiger partial charge on any atom is -0.486 e. The first kappa shape index (κ1) is 22.5. The van der Waals surface area contributed by atoms with E-state index in [9.17, 15) is 14.0 Å². The maximum absolute atomic E-state index is 13.6. The first-order chi connectivity index (χ1) is 17.0. The number of carbonyl (C=O) groups is 2. The fourth-order valence-electron chi connectivity index (χ4n) is 4.01. The number of halogens is 1. The van der Waals surface area contributed by atoms with Crippen LogP contribution in [0.4, 0.5) is 10.1 Å². The molecule has 0 unspecified atom stereocenters. The number of carbonyl (C=O) groups excluding carboxylic acids is 2. The molecule has 0 aromatic heterocycles. The van der Waals surface area contributed by atoms with Crippen molar-refractivity contribution in [2.24, 2.45) is 0 Å². The van der Waals surface area contributed by atoms with E-state index in [4.69, 9.17) is 14.2 Å². The van der Waals surface area contributed by atoms with Gasteiger partial charge in [-0.3, -0.25) is 14.5 Å². The molecule has 2 heterocycles. The fraction of sp³-hybridized carbons (Fsp3) is 0.185. The van der Waals surface area contributed by atoms with Crippen LogP contribution in [0.3, 0.4) is 0 Å². The molecule has 1 atom stereocenters. The predicted octanol–water partition coefficient (Wildman–Crippen LogP) is 4.24. The van der Waals surface area contributed by atoms with Crippen LogP contribution in [0.1, 0.15) is 24.1 Å². The molecule has 7 nitrogen and oxygen atoms in total. The first-order valence-electron chi connectivity index (χ1n) is 11.2. The molecule has 2 aliphatic rings. The van der Waals surface area contributed by atoms with E-state index in [-0.39, 0.29) is 24.3 Å². The van der Waals surface area contributed by atoms with Gasteiger partial charge in [-0.15, -0.1) is 0 Å². The highest BCUT2D eigenvalue weighted by Gasteiger charge is 2.32. The van der Waals surface area contributed by atoms with Crippen LogP contribution < -0.4 is 24.4 Å². The number of fused-ring (bicyclic) bond motifs is 2. The molecule has 0 fully saturated rings. The highest BCUT2D eigenvalue weighted by atomic mass is 19.1. The molecular formula is C27H23FN2O5. The quantitative estimate of drug-likeness (QED) is 0.560. The smallest absolute Gasteiger partial charge is 0.294 e. The van der Waals surface area contributed by atoms with Gasteiger partial charge in [-0.05, 0) is 60.5 Å². The lowest BCUT2D eigenvalue weighted by Gasteiger charge is -2.30. The Morgan fingerprint density at radius 3 is 2.66 bits per heavy atom. The molecule has 2 aliphatic heterocycles. The Morgan fingerprint density at radius 2 is 1.83 bits per heavy atom. The van der Waals surface area contributed by atoms with Gasteiger partial charge in [-0.1, -0.05) is 30.3 Å². The lowest BCUT2D eigenvalue weighted by atomic mass is 10.1. The maximum Gasteiger partial charge on any atom is 0.294 e. The molecule has 2 amide bonds. The number of ether oxygens (including phenoxy) is 3. The number of nitrogens with zero attached hydrogens (tertiary/aromatic N) is 1. The Balaban J connectivity index is 1.35. The van der Waals surface area contributed by atoms with E-state index in [2.05, 4.69) is 5.32 Å². The molecule has 0 spiro atoms. The van der Waals surface area contributed by atoms with E-state index in [1.165, 1.54) is 23.1 Å². The molecule has 0 radical (unpaired) electrons. The number of anilines is 1. The van der Waals surface area contributed by atoms with Gasteiger partial charge < -0.3 is 19.5 Å². The molecule has 35 heavy (non-hydrogen) atoms. The molecule has 0 bridgehead atoms. The number of para-hydroxylation sites is 2. The second-order valence-corrected chi connectivity index (χ2v) is 8.22. The summed E-state index contributed by atoms with van der Waals surface area (Å²) in [4.78, 5) is 27.6. The van der Waals surface area contributed by atoms with Crippen molar-refractivity contribution in [2.45, 2.75) is 13.0 Å². The number of benzene rings is 3. The number of hydrogen-bond donors (Lipinski definition) is 1. The highest BCUT2D eigenvalue weighted by Crippen LogP contribution is 2.36. The van der Waals surface area contributed by atoms with Crippen LogP contribution in [0.5, 0.6) is 17.2 Å². The molecule has 0 saturated carbocycles. The fourth-order valence-corrected chi connectivity index (χ4v) is 4.01. The predicted molar refractivity (Wildman–Crippen MR) is 128 cm³/mol. The summed E-state index contributed by atoms with van der Waals surface area (Å²) in [5.74, 6) is 0.486. The average molecular weight is 474 g/mol. The Bertz CT molecular complexity index is 1320. The zero-order valence-corrected chi connectivity index (χ0v) is 19.0. The summed E-state index contributed by atoms with van der Waals surface area (Å²) in [6.45, 7) is 2.62. The van der Waals surface area contributed by atoms with Crippen molar-refractivity contribution in [1.29, 1.82) is 0 Å². The van der Waals surface area contributed by atoms with Gasteiger partial charge in [0.05, 0.1) is 11.7 Å². The van der Waals surface area contributed by atoms with Crippen molar-refractivity contribution >= 4 is 23.6 Å². The summed E-state index contributed by atoms with van der Waals surface area (Å²) >= 11 is 0. The van der Waals surface area contributed by atoms with Crippen molar-refractivity contribution in [2.75, 3.05) is 24.7 Å². The number of nitrogens with one attached hydrogen (secondary N) is 1. The SMILES string of the molecule is C[C@@H](NC(=O)CN1C(=O)/C(=C\c2cccc(F)c2)Oc2ccccc21)c1ccc2c(c1)OCCO2. The minimum atomic E-state index is -0.491. The van der Waals surface area contributed by atoms with E-state index in [1.54, 1.807) is 36.4 Å². The number of amides is 2. The summed E-state index contributed by atoms with van der Waals surface area (Å²) in [5, 5.41) is 2.93.